The lowest BCUT2D eigenvalue weighted by atomic mass is 10.1. The highest BCUT2D eigenvalue weighted by Gasteiger charge is 2.17. The average Bonchev–Trinajstić information content (AvgIpc) is 2.66. The van der Waals surface area contributed by atoms with E-state index in [2.05, 4.69) is 15.6 Å². The van der Waals surface area contributed by atoms with Crippen molar-refractivity contribution in [2.45, 2.75) is 4.90 Å². The van der Waals surface area contributed by atoms with Crippen molar-refractivity contribution < 1.29 is 17.9 Å². The molecule has 1 heterocycles. The van der Waals surface area contributed by atoms with Gasteiger partial charge in [0.15, 0.2) is 9.84 Å². The zero-order chi connectivity index (χ0) is 19.6. The SMILES string of the molecule is CNC(=O)c1cnc2ccc(S(C)(=O)=O)cc2c1Nc1cccc(OC)c1. The van der Waals surface area contributed by atoms with Gasteiger partial charge in [-0.25, -0.2) is 8.42 Å². The van der Waals surface area contributed by atoms with Crippen LogP contribution in [-0.2, 0) is 9.84 Å². The summed E-state index contributed by atoms with van der Waals surface area (Å²) in [7, 11) is -0.322. The Bertz CT molecular complexity index is 1130. The zero-order valence-corrected chi connectivity index (χ0v) is 15.9. The summed E-state index contributed by atoms with van der Waals surface area (Å²) in [6.45, 7) is 0. The van der Waals surface area contributed by atoms with Gasteiger partial charge in [-0.2, -0.15) is 0 Å². The maximum absolute atomic E-state index is 12.3. The summed E-state index contributed by atoms with van der Waals surface area (Å²) < 4.78 is 29.2. The molecule has 0 aliphatic heterocycles. The van der Waals surface area contributed by atoms with Crippen LogP contribution in [0.25, 0.3) is 10.9 Å². The first-order valence-electron chi connectivity index (χ1n) is 8.09. The van der Waals surface area contributed by atoms with E-state index in [4.69, 9.17) is 4.74 Å². The molecule has 1 amide bonds. The van der Waals surface area contributed by atoms with Crippen molar-refractivity contribution >= 4 is 38.0 Å². The number of anilines is 2. The molecule has 140 valence electrons. The van der Waals surface area contributed by atoms with Crippen molar-refractivity contribution in [2.75, 3.05) is 25.7 Å². The fourth-order valence-corrected chi connectivity index (χ4v) is 3.34. The summed E-state index contributed by atoms with van der Waals surface area (Å²) in [5.41, 5.74) is 2.04. The number of nitrogens with zero attached hydrogens (tertiary/aromatic N) is 1. The zero-order valence-electron chi connectivity index (χ0n) is 15.1. The number of nitrogens with one attached hydrogen (secondary N) is 2. The second-order valence-corrected chi connectivity index (χ2v) is 7.95. The van der Waals surface area contributed by atoms with Crippen molar-refractivity contribution in [3.8, 4) is 5.75 Å². The molecule has 3 aromatic rings. The monoisotopic (exact) mass is 385 g/mol. The maximum Gasteiger partial charge on any atom is 0.254 e. The number of benzene rings is 2. The smallest absolute Gasteiger partial charge is 0.254 e. The molecule has 27 heavy (non-hydrogen) atoms. The van der Waals surface area contributed by atoms with Crippen molar-refractivity contribution in [3.63, 3.8) is 0 Å². The van der Waals surface area contributed by atoms with Crippen LogP contribution in [0.4, 0.5) is 11.4 Å². The summed E-state index contributed by atoms with van der Waals surface area (Å²) in [6, 6.07) is 11.9. The average molecular weight is 385 g/mol. The van der Waals surface area contributed by atoms with Gasteiger partial charge in [0.25, 0.3) is 5.91 Å². The summed E-state index contributed by atoms with van der Waals surface area (Å²) in [6.07, 6.45) is 2.60. The molecule has 0 saturated carbocycles. The lowest BCUT2D eigenvalue weighted by Crippen LogP contribution is -2.19. The van der Waals surface area contributed by atoms with Gasteiger partial charge in [0, 0.05) is 36.6 Å². The molecule has 7 nitrogen and oxygen atoms in total. The molecule has 2 N–H and O–H groups in total. The van der Waals surface area contributed by atoms with Crippen LogP contribution in [0.1, 0.15) is 10.4 Å². The standard InChI is InChI=1S/C19H19N3O4S/c1-20-19(23)16-11-21-17-8-7-14(27(3,24)25)10-15(17)18(16)22-12-5-4-6-13(9-12)26-2/h4-11H,1-3H3,(H,20,23)(H,21,22). The van der Waals surface area contributed by atoms with Gasteiger partial charge < -0.3 is 15.4 Å². The van der Waals surface area contributed by atoms with Crippen LogP contribution < -0.4 is 15.4 Å². The Morgan fingerprint density at radius 1 is 1.15 bits per heavy atom. The van der Waals surface area contributed by atoms with E-state index in [1.54, 1.807) is 25.3 Å². The highest BCUT2D eigenvalue weighted by molar-refractivity contribution is 7.90. The number of carbonyl (C=O) groups is 1. The highest BCUT2D eigenvalue weighted by atomic mass is 32.2. The molecule has 3 rings (SSSR count). The lowest BCUT2D eigenvalue weighted by molar-refractivity contribution is 0.0963. The Labute approximate surface area is 157 Å². The number of amides is 1. The first-order chi connectivity index (χ1) is 12.8. The van der Waals surface area contributed by atoms with Gasteiger partial charge in [0.2, 0.25) is 0 Å². The second kappa shape index (κ2) is 7.24. The van der Waals surface area contributed by atoms with Crippen molar-refractivity contribution in [3.05, 3.63) is 54.2 Å². The van der Waals surface area contributed by atoms with E-state index in [-0.39, 0.29) is 10.8 Å². The summed E-state index contributed by atoms with van der Waals surface area (Å²) >= 11 is 0. The number of fused-ring (bicyclic) bond motifs is 1. The van der Waals surface area contributed by atoms with E-state index in [0.717, 1.165) is 6.26 Å². The molecule has 0 atom stereocenters. The van der Waals surface area contributed by atoms with Crippen LogP contribution in [0.2, 0.25) is 0 Å². The van der Waals surface area contributed by atoms with Crippen LogP contribution in [-0.4, -0.2) is 39.7 Å². The minimum Gasteiger partial charge on any atom is -0.497 e. The van der Waals surface area contributed by atoms with Gasteiger partial charge in [-0.15, -0.1) is 0 Å². The minimum absolute atomic E-state index is 0.152. The van der Waals surface area contributed by atoms with Crippen LogP contribution in [0.3, 0.4) is 0 Å². The summed E-state index contributed by atoms with van der Waals surface area (Å²) in [4.78, 5) is 16.8. The van der Waals surface area contributed by atoms with Gasteiger partial charge in [0.05, 0.1) is 28.8 Å². The third kappa shape index (κ3) is 3.85. The number of hydrogen-bond donors (Lipinski definition) is 2. The number of carbonyl (C=O) groups excluding carboxylic acids is 1. The maximum atomic E-state index is 12.3. The molecule has 0 unspecified atom stereocenters. The van der Waals surface area contributed by atoms with Crippen LogP contribution in [0.15, 0.2) is 53.6 Å². The Hall–Kier alpha value is -3.13. The van der Waals surface area contributed by atoms with Gasteiger partial charge in [-0.1, -0.05) is 6.07 Å². The van der Waals surface area contributed by atoms with E-state index in [0.29, 0.717) is 33.6 Å². The number of rotatable bonds is 5. The van der Waals surface area contributed by atoms with Gasteiger partial charge in [0.1, 0.15) is 5.75 Å². The second-order valence-electron chi connectivity index (χ2n) is 5.93. The molecule has 0 radical (unpaired) electrons. The molecule has 0 aliphatic rings. The summed E-state index contributed by atoms with van der Waals surface area (Å²) in [5, 5.41) is 6.32. The van der Waals surface area contributed by atoms with Crippen molar-refractivity contribution in [2.24, 2.45) is 0 Å². The molecule has 0 spiro atoms. The molecule has 1 aromatic heterocycles. The van der Waals surface area contributed by atoms with Crippen molar-refractivity contribution in [1.29, 1.82) is 0 Å². The molecule has 8 heteroatoms. The van der Waals surface area contributed by atoms with Gasteiger partial charge in [-0.3, -0.25) is 9.78 Å². The Balaban J connectivity index is 2.25. The molecule has 0 fully saturated rings. The van der Waals surface area contributed by atoms with E-state index in [9.17, 15) is 13.2 Å². The van der Waals surface area contributed by atoms with E-state index >= 15 is 0 Å². The first-order valence-corrected chi connectivity index (χ1v) is 9.98. The van der Waals surface area contributed by atoms with Crippen LogP contribution in [0.5, 0.6) is 5.75 Å². The fourth-order valence-electron chi connectivity index (χ4n) is 2.69. The predicted molar refractivity (Wildman–Crippen MR) is 105 cm³/mol. The van der Waals surface area contributed by atoms with E-state index < -0.39 is 9.84 Å². The van der Waals surface area contributed by atoms with Crippen LogP contribution in [0, 0.1) is 0 Å². The summed E-state index contributed by atoms with van der Waals surface area (Å²) in [5.74, 6) is 0.316. The number of hydrogen-bond acceptors (Lipinski definition) is 6. The number of aromatic nitrogens is 1. The number of ether oxygens (including phenoxy) is 1. The normalized spacial score (nSPS) is 11.2. The van der Waals surface area contributed by atoms with E-state index in [1.807, 2.05) is 12.1 Å². The molecule has 0 saturated heterocycles. The molecule has 2 aromatic carbocycles. The van der Waals surface area contributed by atoms with Crippen molar-refractivity contribution in [1.82, 2.24) is 10.3 Å². The molecular weight excluding hydrogens is 366 g/mol. The molecule has 0 aliphatic carbocycles. The minimum atomic E-state index is -3.41. The van der Waals surface area contributed by atoms with Gasteiger partial charge >= 0.3 is 0 Å². The third-order valence-electron chi connectivity index (χ3n) is 4.08. The molecule has 0 bridgehead atoms. The largest absolute Gasteiger partial charge is 0.497 e. The highest BCUT2D eigenvalue weighted by Crippen LogP contribution is 2.32. The Morgan fingerprint density at radius 3 is 2.59 bits per heavy atom. The fraction of sp³-hybridized carbons (Fsp3) is 0.158. The first kappa shape index (κ1) is 18.7. The van der Waals surface area contributed by atoms with E-state index in [1.165, 1.54) is 25.4 Å². The Kier molecular flexibility index (Phi) is 5.00. The number of methoxy groups -OCH3 is 1. The Morgan fingerprint density at radius 2 is 1.93 bits per heavy atom. The quantitative estimate of drug-likeness (QED) is 0.701. The lowest BCUT2D eigenvalue weighted by Gasteiger charge is -2.15. The van der Waals surface area contributed by atoms with Gasteiger partial charge in [-0.05, 0) is 30.3 Å². The topological polar surface area (TPSA) is 97.4 Å². The number of sulfone groups is 1. The number of pyridine rings is 1. The van der Waals surface area contributed by atoms with Crippen LogP contribution >= 0.6 is 0 Å². The molecular formula is C19H19N3O4S. The predicted octanol–water partition coefficient (Wildman–Crippen LogP) is 2.75. The third-order valence-corrected chi connectivity index (χ3v) is 5.19.